The number of nitrogens with zero attached hydrogens (tertiary/aromatic N) is 2. The molecule has 1 aromatic heterocycles. The van der Waals surface area contributed by atoms with E-state index >= 15 is 0 Å². The third-order valence-electron chi connectivity index (χ3n) is 4.82. The standard InChI is InChI=1S/C22H24BrN3O2/c1-3-15(2)20(24-19(27)14-9-16-7-5-4-6-8-16)22-25-21(26-28-22)17-10-12-18(23)13-11-17/h4-8,10-13,15,20H,3,9,14H2,1-2H3,(H,24,27)/t15-,20-/m0/s1. The number of rotatable bonds is 8. The zero-order chi connectivity index (χ0) is 19.9. The van der Waals surface area contributed by atoms with Crippen LogP contribution in [0, 0.1) is 5.92 Å². The third kappa shape index (κ3) is 5.29. The van der Waals surface area contributed by atoms with E-state index in [1.54, 1.807) is 0 Å². The number of hydrogen-bond donors (Lipinski definition) is 1. The number of benzene rings is 2. The van der Waals surface area contributed by atoms with Gasteiger partial charge < -0.3 is 9.84 Å². The van der Waals surface area contributed by atoms with E-state index in [1.807, 2.05) is 54.6 Å². The minimum absolute atomic E-state index is 0.0162. The monoisotopic (exact) mass is 441 g/mol. The molecule has 0 aliphatic heterocycles. The van der Waals surface area contributed by atoms with Gasteiger partial charge >= 0.3 is 0 Å². The molecule has 2 atom stereocenters. The van der Waals surface area contributed by atoms with E-state index in [4.69, 9.17) is 4.52 Å². The number of halogens is 1. The second kappa shape index (κ2) is 9.64. The van der Waals surface area contributed by atoms with Crippen molar-refractivity contribution in [1.82, 2.24) is 15.5 Å². The largest absolute Gasteiger partial charge is 0.344 e. The van der Waals surface area contributed by atoms with E-state index < -0.39 is 0 Å². The van der Waals surface area contributed by atoms with Gasteiger partial charge in [-0.15, -0.1) is 0 Å². The Bertz CT molecular complexity index is 894. The zero-order valence-corrected chi connectivity index (χ0v) is 17.6. The third-order valence-corrected chi connectivity index (χ3v) is 5.35. The lowest BCUT2D eigenvalue weighted by Crippen LogP contribution is -2.32. The maximum Gasteiger partial charge on any atom is 0.249 e. The van der Waals surface area contributed by atoms with Crippen LogP contribution in [0.5, 0.6) is 0 Å². The first-order valence-corrected chi connectivity index (χ1v) is 10.3. The van der Waals surface area contributed by atoms with Crippen molar-refractivity contribution in [3.63, 3.8) is 0 Å². The first-order valence-electron chi connectivity index (χ1n) is 9.49. The van der Waals surface area contributed by atoms with Gasteiger partial charge in [0.2, 0.25) is 17.6 Å². The smallest absolute Gasteiger partial charge is 0.249 e. The normalized spacial score (nSPS) is 13.1. The molecule has 0 saturated heterocycles. The topological polar surface area (TPSA) is 68.0 Å². The Morgan fingerprint density at radius 2 is 1.86 bits per heavy atom. The summed E-state index contributed by atoms with van der Waals surface area (Å²) in [4.78, 5) is 17.1. The molecule has 3 rings (SSSR count). The second-order valence-electron chi connectivity index (χ2n) is 6.88. The van der Waals surface area contributed by atoms with Crippen LogP contribution in [0.15, 0.2) is 63.6 Å². The van der Waals surface area contributed by atoms with Gasteiger partial charge in [-0.25, -0.2) is 0 Å². The highest BCUT2D eigenvalue weighted by molar-refractivity contribution is 9.10. The average molecular weight is 442 g/mol. The fraction of sp³-hybridized carbons (Fsp3) is 0.318. The van der Waals surface area contributed by atoms with E-state index in [0.29, 0.717) is 24.6 Å². The van der Waals surface area contributed by atoms with Gasteiger partial charge in [-0.1, -0.05) is 71.7 Å². The summed E-state index contributed by atoms with van der Waals surface area (Å²) >= 11 is 3.42. The summed E-state index contributed by atoms with van der Waals surface area (Å²) in [6, 6.07) is 17.4. The molecule has 0 aliphatic carbocycles. The van der Waals surface area contributed by atoms with Crippen molar-refractivity contribution in [2.45, 2.75) is 39.2 Å². The Kier molecular flexibility index (Phi) is 6.98. The SMILES string of the molecule is CC[C@H](C)[C@H](NC(=O)CCc1ccccc1)c1nc(-c2ccc(Br)cc2)no1. The Labute approximate surface area is 173 Å². The van der Waals surface area contributed by atoms with Crippen LogP contribution in [0.3, 0.4) is 0 Å². The molecule has 6 heteroatoms. The molecular weight excluding hydrogens is 418 g/mol. The summed E-state index contributed by atoms with van der Waals surface area (Å²) in [5.41, 5.74) is 2.02. The van der Waals surface area contributed by atoms with Crippen molar-refractivity contribution in [3.05, 3.63) is 70.5 Å². The summed E-state index contributed by atoms with van der Waals surface area (Å²) in [6.45, 7) is 4.16. The van der Waals surface area contributed by atoms with Crippen molar-refractivity contribution in [3.8, 4) is 11.4 Å². The van der Waals surface area contributed by atoms with Crippen LogP contribution in [-0.2, 0) is 11.2 Å². The van der Waals surface area contributed by atoms with Gasteiger partial charge in [0.25, 0.3) is 0 Å². The second-order valence-corrected chi connectivity index (χ2v) is 7.80. The predicted octanol–water partition coefficient (Wildman–Crippen LogP) is 5.34. The van der Waals surface area contributed by atoms with Gasteiger partial charge in [-0.3, -0.25) is 4.79 Å². The molecule has 5 nitrogen and oxygen atoms in total. The number of aryl methyl sites for hydroxylation is 1. The molecular formula is C22H24BrN3O2. The van der Waals surface area contributed by atoms with Gasteiger partial charge in [0.05, 0.1) is 0 Å². The number of amides is 1. The lowest BCUT2D eigenvalue weighted by atomic mass is 9.98. The average Bonchev–Trinajstić information content (AvgIpc) is 3.21. The van der Waals surface area contributed by atoms with E-state index in [-0.39, 0.29) is 17.9 Å². The molecule has 3 aromatic rings. The molecule has 0 bridgehead atoms. The van der Waals surface area contributed by atoms with Crippen molar-refractivity contribution in [2.75, 3.05) is 0 Å². The number of carbonyl (C=O) groups excluding carboxylic acids is 1. The first kappa shape index (κ1) is 20.3. The molecule has 1 amide bonds. The molecule has 2 aromatic carbocycles. The van der Waals surface area contributed by atoms with Crippen LogP contribution in [0.25, 0.3) is 11.4 Å². The van der Waals surface area contributed by atoms with Crippen LogP contribution >= 0.6 is 15.9 Å². The molecule has 1 heterocycles. The molecule has 28 heavy (non-hydrogen) atoms. The highest BCUT2D eigenvalue weighted by Gasteiger charge is 2.26. The lowest BCUT2D eigenvalue weighted by Gasteiger charge is -2.20. The molecule has 0 spiro atoms. The minimum atomic E-state index is -0.301. The van der Waals surface area contributed by atoms with E-state index in [9.17, 15) is 4.79 Å². The molecule has 146 valence electrons. The van der Waals surface area contributed by atoms with E-state index in [2.05, 4.69) is 45.2 Å². The zero-order valence-electron chi connectivity index (χ0n) is 16.1. The number of hydrogen-bond acceptors (Lipinski definition) is 4. The fourth-order valence-electron chi connectivity index (χ4n) is 2.91. The molecule has 0 saturated carbocycles. The van der Waals surface area contributed by atoms with Gasteiger partial charge in [0.15, 0.2) is 0 Å². The summed E-state index contributed by atoms with van der Waals surface area (Å²) in [5, 5.41) is 7.19. The highest BCUT2D eigenvalue weighted by Crippen LogP contribution is 2.26. The Hall–Kier alpha value is -2.47. The molecule has 0 radical (unpaired) electrons. The van der Waals surface area contributed by atoms with Crippen LogP contribution < -0.4 is 5.32 Å². The van der Waals surface area contributed by atoms with E-state index in [0.717, 1.165) is 22.0 Å². The van der Waals surface area contributed by atoms with Crippen molar-refractivity contribution < 1.29 is 9.32 Å². The molecule has 1 N–H and O–H groups in total. The maximum absolute atomic E-state index is 12.5. The summed E-state index contributed by atoms with van der Waals surface area (Å²) in [5.74, 6) is 1.13. The number of carbonyl (C=O) groups is 1. The Morgan fingerprint density at radius 1 is 1.14 bits per heavy atom. The van der Waals surface area contributed by atoms with E-state index in [1.165, 1.54) is 0 Å². The van der Waals surface area contributed by atoms with Crippen LogP contribution in [0.1, 0.15) is 44.2 Å². The van der Waals surface area contributed by atoms with Gasteiger partial charge in [-0.05, 0) is 42.2 Å². The highest BCUT2D eigenvalue weighted by atomic mass is 79.9. The Balaban J connectivity index is 1.70. The lowest BCUT2D eigenvalue weighted by molar-refractivity contribution is -0.122. The van der Waals surface area contributed by atoms with Crippen LogP contribution in [-0.4, -0.2) is 16.0 Å². The molecule has 0 aliphatic rings. The van der Waals surface area contributed by atoms with Crippen LogP contribution in [0.2, 0.25) is 0 Å². The minimum Gasteiger partial charge on any atom is -0.344 e. The number of aromatic nitrogens is 2. The number of nitrogens with one attached hydrogen (secondary N) is 1. The van der Waals surface area contributed by atoms with Gasteiger partial charge in [0, 0.05) is 16.5 Å². The van der Waals surface area contributed by atoms with Gasteiger partial charge in [0.1, 0.15) is 6.04 Å². The molecule has 0 fully saturated rings. The summed E-state index contributed by atoms with van der Waals surface area (Å²) in [6.07, 6.45) is 2.01. The van der Waals surface area contributed by atoms with Gasteiger partial charge in [-0.2, -0.15) is 4.98 Å². The fourth-order valence-corrected chi connectivity index (χ4v) is 3.17. The quantitative estimate of drug-likeness (QED) is 0.512. The van der Waals surface area contributed by atoms with Crippen molar-refractivity contribution in [2.24, 2.45) is 5.92 Å². The van der Waals surface area contributed by atoms with Crippen molar-refractivity contribution >= 4 is 21.8 Å². The maximum atomic E-state index is 12.5. The Morgan fingerprint density at radius 3 is 2.54 bits per heavy atom. The summed E-state index contributed by atoms with van der Waals surface area (Å²) in [7, 11) is 0. The predicted molar refractivity (Wildman–Crippen MR) is 113 cm³/mol. The molecule has 0 unspecified atom stereocenters. The van der Waals surface area contributed by atoms with Crippen LogP contribution in [0.4, 0.5) is 0 Å². The first-order chi connectivity index (χ1) is 13.6. The summed E-state index contributed by atoms with van der Waals surface area (Å²) < 4.78 is 6.50. The van der Waals surface area contributed by atoms with Crippen molar-refractivity contribution in [1.29, 1.82) is 0 Å².